The van der Waals surface area contributed by atoms with Gasteiger partial charge in [-0.15, -0.1) is 0 Å². The van der Waals surface area contributed by atoms with Gasteiger partial charge in [-0.25, -0.2) is 0 Å². The molecule has 5 aliphatic rings. The highest BCUT2D eigenvalue weighted by atomic mass is 16.2. The van der Waals surface area contributed by atoms with Crippen LogP contribution in [0.3, 0.4) is 0 Å². The van der Waals surface area contributed by atoms with Gasteiger partial charge in [0.25, 0.3) is 0 Å². The van der Waals surface area contributed by atoms with Crippen LogP contribution in [-0.4, -0.2) is 36.0 Å². The van der Waals surface area contributed by atoms with Crippen molar-refractivity contribution in [2.45, 2.75) is 62.9 Å². The van der Waals surface area contributed by atoms with Crippen molar-refractivity contribution in [3.63, 3.8) is 0 Å². The monoisotopic (exact) mass is 262 g/mol. The molecule has 0 unspecified atom stereocenters. The zero-order chi connectivity index (χ0) is 13.0. The molecule has 5 saturated carbocycles. The fourth-order valence-corrected chi connectivity index (χ4v) is 5.38. The molecule has 0 heterocycles. The van der Waals surface area contributed by atoms with Crippen LogP contribution >= 0.6 is 0 Å². The lowest BCUT2D eigenvalue weighted by Crippen LogP contribution is -2.59. The van der Waals surface area contributed by atoms with Crippen LogP contribution in [-0.2, 0) is 4.79 Å². The molecule has 0 aromatic heterocycles. The predicted octanol–water partition coefficient (Wildman–Crippen LogP) is 2.17. The number of rotatable bonds is 4. The summed E-state index contributed by atoms with van der Waals surface area (Å²) in [5, 5.41) is 3.70. The van der Waals surface area contributed by atoms with Gasteiger partial charge in [0.05, 0.1) is 6.54 Å². The molecule has 4 bridgehead atoms. The Kier molecular flexibility index (Phi) is 2.70. The third-order valence-electron chi connectivity index (χ3n) is 6.14. The van der Waals surface area contributed by atoms with Crippen LogP contribution in [0.25, 0.3) is 0 Å². The third kappa shape index (κ3) is 2.20. The van der Waals surface area contributed by atoms with E-state index in [1.165, 1.54) is 51.4 Å². The highest BCUT2D eigenvalue weighted by Crippen LogP contribution is 2.55. The average Bonchev–Trinajstić information content (AvgIpc) is 3.17. The quantitative estimate of drug-likeness (QED) is 0.842. The Balaban J connectivity index is 1.38. The van der Waals surface area contributed by atoms with Crippen LogP contribution in [0.15, 0.2) is 0 Å². The minimum Gasteiger partial charge on any atom is -0.342 e. The first-order valence-electron chi connectivity index (χ1n) is 8.14. The Bertz CT molecular complexity index is 353. The van der Waals surface area contributed by atoms with Gasteiger partial charge in [-0.2, -0.15) is 0 Å². The molecule has 0 radical (unpaired) electrons. The maximum absolute atomic E-state index is 12.2. The Labute approximate surface area is 116 Å². The van der Waals surface area contributed by atoms with Gasteiger partial charge in [0.2, 0.25) is 5.91 Å². The molecule has 0 aromatic carbocycles. The third-order valence-corrected chi connectivity index (χ3v) is 6.14. The second kappa shape index (κ2) is 4.21. The summed E-state index contributed by atoms with van der Waals surface area (Å²) in [4.78, 5) is 14.1. The van der Waals surface area contributed by atoms with Crippen LogP contribution < -0.4 is 5.32 Å². The predicted molar refractivity (Wildman–Crippen MR) is 74.7 cm³/mol. The molecule has 0 aromatic rings. The summed E-state index contributed by atoms with van der Waals surface area (Å²) < 4.78 is 0. The largest absolute Gasteiger partial charge is 0.342 e. The first-order chi connectivity index (χ1) is 9.13. The summed E-state index contributed by atoms with van der Waals surface area (Å²) in [5.74, 6) is 3.17. The van der Waals surface area contributed by atoms with E-state index in [0.29, 0.717) is 24.0 Å². The highest BCUT2D eigenvalue weighted by Gasteiger charge is 2.50. The smallest absolute Gasteiger partial charge is 0.236 e. The van der Waals surface area contributed by atoms with Crippen molar-refractivity contribution in [3.8, 4) is 0 Å². The lowest BCUT2D eigenvalue weighted by molar-refractivity contribution is -0.130. The Morgan fingerprint density at radius 2 is 1.63 bits per heavy atom. The van der Waals surface area contributed by atoms with E-state index < -0.39 is 0 Å². The molecule has 3 heteroatoms. The van der Waals surface area contributed by atoms with Crippen LogP contribution in [0.4, 0.5) is 0 Å². The highest BCUT2D eigenvalue weighted by molar-refractivity contribution is 5.78. The molecule has 5 aliphatic carbocycles. The fraction of sp³-hybridized carbons (Fsp3) is 0.938. The maximum atomic E-state index is 12.2. The molecule has 0 atom stereocenters. The summed E-state index contributed by atoms with van der Waals surface area (Å²) in [6, 6.07) is 0.547. The molecule has 0 spiro atoms. The van der Waals surface area contributed by atoms with E-state index >= 15 is 0 Å². The maximum Gasteiger partial charge on any atom is 0.236 e. The van der Waals surface area contributed by atoms with Gasteiger partial charge in [-0.3, -0.25) is 4.79 Å². The first-order valence-corrected chi connectivity index (χ1v) is 8.14. The first kappa shape index (κ1) is 12.2. The number of nitrogens with one attached hydrogen (secondary N) is 1. The molecule has 3 nitrogen and oxygen atoms in total. The van der Waals surface area contributed by atoms with E-state index in [9.17, 15) is 4.79 Å². The zero-order valence-corrected chi connectivity index (χ0v) is 12.0. The van der Waals surface area contributed by atoms with Gasteiger partial charge in [0.15, 0.2) is 0 Å². The van der Waals surface area contributed by atoms with Crippen LogP contribution in [0.1, 0.15) is 51.4 Å². The summed E-state index contributed by atoms with van der Waals surface area (Å²) in [5.41, 5.74) is 0.328. The molecule has 1 amide bonds. The Morgan fingerprint density at radius 3 is 2.11 bits per heavy atom. The SMILES string of the molecule is CN(C(=O)CNC12CC3CC(CC(C3)C1)C2)C1CC1. The van der Waals surface area contributed by atoms with Gasteiger partial charge >= 0.3 is 0 Å². The van der Waals surface area contributed by atoms with Crippen LogP contribution in [0, 0.1) is 17.8 Å². The van der Waals surface area contributed by atoms with Crippen LogP contribution in [0.2, 0.25) is 0 Å². The van der Waals surface area contributed by atoms with Gasteiger partial charge in [-0.05, 0) is 69.1 Å². The minimum atomic E-state index is 0.304. The molecule has 1 N–H and O–H groups in total. The van der Waals surface area contributed by atoms with Gasteiger partial charge < -0.3 is 10.2 Å². The summed E-state index contributed by atoms with van der Waals surface area (Å²) in [6.07, 6.45) is 10.8. The van der Waals surface area contributed by atoms with Gasteiger partial charge in [-0.1, -0.05) is 0 Å². The molecule has 0 saturated heterocycles. The molecule has 5 fully saturated rings. The van der Waals surface area contributed by atoms with Crippen molar-refractivity contribution < 1.29 is 4.79 Å². The Morgan fingerprint density at radius 1 is 1.11 bits per heavy atom. The number of carbonyl (C=O) groups excluding carboxylic acids is 1. The van der Waals surface area contributed by atoms with Crippen molar-refractivity contribution in [3.05, 3.63) is 0 Å². The number of amides is 1. The average molecular weight is 262 g/mol. The number of carbonyl (C=O) groups is 1. The number of hydrogen-bond donors (Lipinski definition) is 1. The lowest BCUT2D eigenvalue weighted by atomic mass is 9.53. The summed E-state index contributed by atoms with van der Waals surface area (Å²) in [6.45, 7) is 0.569. The Hall–Kier alpha value is -0.570. The van der Waals surface area contributed by atoms with E-state index in [1.54, 1.807) is 0 Å². The topological polar surface area (TPSA) is 32.3 Å². The lowest BCUT2D eigenvalue weighted by Gasteiger charge is -2.57. The second-order valence-electron chi connectivity index (χ2n) is 7.79. The summed E-state index contributed by atoms with van der Waals surface area (Å²) >= 11 is 0. The van der Waals surface area contributed by atoms with Crippen molar-refractivity contribution in [1.82, 2.24) is 10.2 Å². The van der Waals surface area contributed by atoms with E-state index in [0.717, 1.165) is 17.8 Å². The molecular weight excluding hydrogens is 236 g/mol. The molecule has 0 aliphatic heterocycles. The van der Waals surface area contributed by atoms with E-state index in [1.807, 2.05) is 11.9 Å². The van der Waals surface area contributed by atoms with E-state index in [-0.39, 0.29) is 0 Å². The van der Waals surface area contributed by atoms with Crippen LogP contribution in [0.5, 0.6) is 0 Å². The zero-order valence-electron chi connectivity index (χ0n) is 12.0. The van der Waals surface area contributed by atoms with Crippen molar-refractivity contribution >= 4 is 5.91 Å². The molecular formula is C16H26N2O. The van der Waals surface area contributed by atoms with E-state index in [4.69, 9.17) is 0 Å². The van der Waals surface area contributed by atoms with Gasteiger partial charge in [0, 0.05) is 18.6 Å². The fourth-order valence-electron chi connectivity index (χ4n) is 5.38. The number of hydrogen-bond acceptors (Lipinski definition) is 2. The normalized spacial score (nSPS) is 43.5. The number of likely N-dealkylation sites (N-methyl/N-ethyl adjacent to an activating group) is 1. The standard InChI is InChI=1S/C16H26N2O/c1-18(14-2-3-14)15(19)10-17-16-7-11-4-12(8-16)6-13(5-11)9-16/h11-14,17H,2-10H2,1H3. The molecule has 106 valence electrons. The molecule has 19 heavy (non-hydrogen) atoms. The summed E-state index contributed by atoms with van der Waals surface area (Å²) in [7, 11) is 1.97. The number of nitrogens with zero attached hydrogens (tertiary/aromatic N) is 1. The van der Waals surface area contributed by atoms with E-state index in [2.05, 4.69) is 5.32 Å². The van der Waals surface area contributed by atoms with Crippen molar-refractivity contribution in [2.75, 3.05) is 13.6 Å². The van der Waals surface area contributed by atoms with Gasteiger partial charge in [0.1, 0.15) is 0 Å². The second-order valence-corrected chi connectivity index (χ2v) is 7.79. The van der Waals surface area contributed by atoms with Crippen molar-refractivity contribution in [2.24, 2.45) is 17.8 Å². The minimum absolute atomic E-state index is 0.304. The van der Waals surface area contributed by atoms with Crippen molar-refractivity contribution in [1.29, 1.82) is 0 Å². The molecule has 5 rings (SSSR count).